The maximum Gasteiger partial charge on any atom is 0.119 e. The van der Waals surface area contributed by atoms with Gasteiger partial charge in [0.1, 0.15) is 5.75 Å². The fourth-order valence-corrected chi connectivity index (χ4v) is 1.91. The SMILES string of the molecule is Cc1cc(OCC2(CC#N)CC2)ccc1Br. The number of hydrogen-bond acceptors (Lipinski definition) is 2. The summed E-state index contributed by atoms with van der Waals surface area (Å²) in [5, 5.41) is 8.71. The van der Waals surface area contributed by atoms with Gasteiger partial charge < -0.3 is 4.74 Å². The number of rotatable bonds is 4. The molecule has 2 rings (SSSR count). The van der Waals surface area contributed by atoms with Crippen molar-refractivity contribution in [2.45, 2.75) is 26.2 Å². The molecule has 1 fully saturated rings. The van der Waals surface area contributed by atoms with Crippen LogP contribution in [0.3, 0.4) is 0 Å². The van der Waals surface area contributed by atoms with Crippen LogP contribution in [-0.2, 0) is 0 Å². The molecule has 1 saturated carbocycles. The third-order valence-electron chi connectivity index (χ3n) is 3.09. The molecule has 1 aliphatic rings. The van der Waals surface area contributed by atoms with Crippen LogP contribution >= 0.6 is 15.9 Å². The Balaban J connectivity index is 1.95. The Morgan fingerprint density at radius 3 is 2.81 bits per heavy atom. The van der Waals surface area contributed by atoms with Crippen molar-refractivity contribution < 1.29 is 4.74 Å². The van der Waals surface area contributed by atoms with E-state index < -0.39 is 0 Å². The minimum Gasteiger partial charge on any atom is -0.493 e. The van der Waals surface area contributed by atoms with E-state index in [9.17, 15) is 0 Å². The molecule has 1 aromatic carbocycles. The minimum absolute atomic E-state index is 0.149. The van der Waals surface area contributed by atoms with Crippen molar-refractivity contribution in [1.82, 2.24) is 0 Å². The van der Waals surface area contributed by atoms with Crippen LogP contribution in [0, 0.1) is 23.7 Å². The summed E-state index contributed by atoms with van der Waals surface area (Å²) in [6, 6.07) is 8.21. The van der Waals surface area contributed by atoms with E-state index in [4.69, 9.17) is 10.00 Å². The lowest BCUT2D eigenvalue weighted by atomic mass is 10.1. The average molecular weight is 280 g/mol. The number of ether oxygens (including phenoxy) is 1. The molecule has 3 heteroatoms. The van der Waals surface area contributed by atoms with Crippen LogP contribution in [-0.4, -0.2) is 6.61 Å². The van der Waals surface area contributed by atoms with Gasteiger partial charge in [-0.15, -0.1) is 0 Å². The Labute approximate surface area is 104 Å². The number of hydrogen-bond donors (Lipinski definition) is 0. The summed E-state index contributed by atoms with van der Waals surface area (Å²) in [6.07, 6.45) is 2.86. The molecule has 0 bridgehead atoms. The third-order valence-corrected chi connectivity index (χ3v) is 3.98. The lowest BCUT2D eigenvalue weighted by molar-refractivity contribution is 0.236. The zero-order valence-electron chi connectivity index (χ0n) is 9.29. The van der Waals surface area contributed by atoms with Crippen molar-refractivity contribution in [2.24, 2.45) is 5.41 Å². The van der Waals surface area contributed by atoms with Crippen molar-refractivity contribution >= 4 is 15.9 Å². The second-order valence-electron chi connectivity index (χ2n) is 4.53. The Bertz CT molecular complexity index is 432. The van der Waals surface area contributed by atoms with E-state index in [0.29, 0.717) is 13.0 Å². The van der Waals surface area contributed by atoms with Gasteiger partial charge in [0.05, 0.1) is 12.7 Å². The predicted molar refractivity (Wildman–Crippen MR) is 66.3 cm³/mol. The van der Waals surface area contributed by atoms with Crippen molar-refractivity contribution in [1.29, 1.82) is 5.26 Å². The van der Waals surface area contributed by atoms with Gasteiger partial charge in [-0.3, -0.25) is 0 Å². The summed E-state index contributed by atoms with van der Waals surface area (Å²) < 4.78 is 6.85. The Kier molecular flexibility index (Phi) is 3.20. The summed E-state index contributed by atoms with van der Waals surface area (Å²) >= 11 is 3.46. The first-order chi connectivity index (χ1) is 7.65. The molecule has 1 aromatic rings. The highest BCUT2D eigenvalue weighted by molar-refractivity contribution is 9.10. The fourth-order valence-electron chi connectivity index (χ4n) is 1.66. The zero-order valence-corrected chi connectivity index (χ0v) is 10.9. The molecule has 0 radical (unpaired) electrons. The molecule has 2 nitrogen and oxygen atoms in total. The van der Waals surface area contributed by atoms with Gasteiger partial charge in [-0.25, -0.2) is 0 Å². The first-order valence-electron chi connectivity index (χ1n) is 5.41. The number of nitriles is 1. The van der Waals surface area contributed by atoms with Gasteiger partial charge in [-0.2, -0.15) is 5.26 Å². The van der Waals surface area contributed by atoms with Crippen LogP contribution in [0.5, 0.6) is 5.75 Å². The average Bonchev–Trinajstić information content (AvgIpc) is 3.01. The summed E-state index contributed by atoms with van der Waals surface area (Å²) in [6.45, 7) is 2.71. The van der Waals surface area contributed by atoms with Crippen molar-refractivity contribution in [3.8, 4) is 11.8 Å². The summed E-state index contributed by atoms with van der Waals surface area (Å²) in [5.74, 6) is 0.893. The smallest absolute Gasteiger partial charge is 0.119 e. The van der Waals surface area contributed by atoms with E-state index in [1.807, 2.05) is 25.1 Å². The van der Waals surface area contributed by atoms with E-state index in [2.05, 4.69) is 22.0 Å². The van der Waals surface area contributed by atoms with E-state index in [-0.39, 0.29) is 5.41 Å². The van der Waals surface area contributed by atoms with Gasteiger partial charge in [0, 0.05) is 16.3 Å². The largest absolute Gasteiger partial charge is 0.493 e. The van der Waals surface area contributed by atoms with Crippen LogP contribution in [0.1, 0.15) is 24.8 Å². The van der Waals surface area contributed by atoms with Crippen LogP contribution < -0.4 is 4.74 Å². The standard InChI is InChI=1S/C13H14BrNO/c1-10-8-11(2-3-12(10)14)16-9-13(4-5-13)6-7-15/h2-3,8H,4-6,9H2,1H3. The van der Waals surface area contributed by atoms with Crippen molar-refractivity contribution in [3.05, 3.63) is 28.2 Å². The first-order valence-corrected chi connectivity index (χ1v) is 6.20. The van der Waals surface area contributed by atoms with Crippen LogP contribution in [0.4, 0.5) is 0 Å². The number of aryl methyl sites for hydroxylation is 1. The molecule has 84 valence electrons. The monoisotopic (exact) mass is 279 g/mol. The van der Waals surface area contributed by atoms with Crippen LogP contribution in [0.25, 0.3) is 0 Å². The highest BCUT2D eigenvalue weighted by atomic mass is 79.9. The molecule has 0 heterocycles. The topological polar surface area (TPSA) is 33.0 Å². The number of halogens is 1. The molecular formula is C13H14BrNO. The van der Waals surface area contributed by atoms with E-state index in [0.717, 1.165) is 23.1 Å². The highest BCUT2D eigenvalue weighted by Gasteiger charge is 2.43. The molecule has 0 N–H and O–H groups in total. The molecule has 0 spiro atoms. The second kappa shape index (κ2) is 4.47. The molecule has 16 heavy (non-hydrogen) atoms. The highest BCUT2D eigenvalue weighted by Crippen LogP contribution is 2.48. The maximum atomic E-state index is 8.71. The molecule has 0 saturated heterocycles. The molecule has 1 aliphatic carbocycles. The summed E-state index contributed by atoms with van der Waals surface area (Å²) in [4.78, 5) is 0. The lowest BCUT2D eigenvalue weighted by Crippen LogP contribution is -2.12. The molecule has 0 aromatic heterocycles. The zero-order chi connectivity index (χ0) is 11.6. The first kappa shape index (κ1) is 11.5. The molecule has 0 aliphatic heterocycles. The fraction of sp³-hybridized carbons (Fsp3) is 0.462. The van der Waals surface area contributed by atoms with Crippen molar-refractivity contribution in [2.75, 3.05) is 6.61 Å². The van der Waals surface area contributed by atoms with E-state index >= 15 is 0 Å². The van der Waals surface area contributed by atoms with Gasteiger partial charge in [0.15, 0.2) is 0 Å². The van der Waals surface area contributed by atoms with Gasteiger partial charge in [-0.05, 0) is 43.5 Å². The number of nitrogens with zero attached hydrogens (tertiary/aromatic N) is 1. The molecular weight excluding hydrogens is 266 g/mol. The molecule has 0 unspecified atom stereocenters. The van der Waals surface area contributed by atoms with Gasteiger partial charge in [0.2, 0.25) is 0 Å². The number of benzene rings is 1. The maximum absolute atomic E-state index is 8.71. The summed E-state index contributed by atoms with van der Waals surface area (Å²) in [5.41, 5.74) is 1.32. The van der Waals surface area contributed by atoms with Crippen molar-refractivity contribution in [3.63, 3.8) is 0 Å². The van der Waals surface area contributed by atoms with Gasteiger partial charge in [-0.1, -0.05) is 15.9 Å². The van der Waals surface area contributed by atoms with Crippen LogP contribution in [0.2, 0.25) is 0 Å². The van der Waals surface area contributed by atoms with Crippen LogP contribution in [0.15, 0.2) is 22.7 Å². The van der Waals surface area contributed by atoms with E-state index in [1.165, 1.54) is 5.56 Å². The summed E-state index contributed by atoms with van der Waals surface area (Å²) in [7, 11) is 0. The minimum atomic E-state index is 0.149. The van der Waals surface area contributed by atoms with Gasteiger partial charge in [0.25, 0.3) is 0 Å². The third kappa shape index (κ3) is 2.56. The normalized spacial score (nSPS) is 16.6. The predicted octanol–water partition coefficient (Wildman–Crippen LogP) is 3.83. The molecule has 0 atom stereocenters. The Hall–Kier alpha value is -1.01. The van der Waals surface area contributed by atoms with E-state index in [1.54, 1.807) is 0 Å². The van der Waals surface area contributed by atoms with Gasteiger partial charge >= 0.3 is 0 Å². The molecule has 0 amide bonds. The quantitative estimate of drug-likeness (QED) is 0.839. The lowest BCUT2D eigenvalue weighted by Gasteiger charge is -2.13. The Morgan fingerprint density at radius 1 is 1.50 bits per heavy atom. The Morgan fingerprint density at radius 2 is 2.25 bits per heavy atom. The second-order valence-corrected chi connectivity index (χ2v) is 5.39.